The van der Waals surface area contributed by atoms with Crippen LogP contribution < -0.4 is 31.9 Å². The van der Waals surface area contributed by atoms with E-state index in [2.05, 4.69) is 41.9 Å². The number of pyridine rings is 2. The monoisotopic (exact) mass is 1110 g/mol. The molecule has 2 bridgehead atoms. The molecule has 0 aliphatic carbocycles. The maximum absolute atomic E-state index is 14.8. The first kappa shape index (κ1) is 59.5. The number of fused-ring (bicyclic) bond motifs is 7. The number of carbonyl (C=O) groups is 10. The maximum atomic E-state index is 14.8. The summed E-state index contributed by atoms with van der Waals surface area (Å²) in [6, 6.07) is 7.67. The summed E-state index contributed by atoms with van der Waals surface area (Å²) in [7, 11) is 7.55. The molecule has 6 rings (SSSR count). The molecule has 26 heteroatoms. The topological polar surface area (TPSA) is 322 Å². The molecule has 78 heavy (non-hydrogen) atoms. The quantitative estimate of drug-likeness (QED) is 0.111. The Morgan fingerprint density at radius 3 is 1.28 bits per heavy atom. The number of nitrogens with zero attached hydrogens (tertiary/aromatic N) is 6. The Morgan fingerprint density at radius 2 is 0.923 bits per heavy atom. The second-order valence-corrected chi connectivity index (χ2v) is 22.4. The third kappa shape index (κ3) is 14.6. The van der Waals surface area contributed by atoms with Crippen molar-refractivity contribution in [2.45, 2.75) is 76.8 Å². The third-order valence-electron chi connectivity index (χ3n) is 13.3. The summed E-state index contributed by atoms with van der Waals surface area (Å²) in [5, 5.41) is 38.0. The molecule has 0 radical (unpaired) electrons. The average Bonchev–Trinajstić information content (AvgIpc) is 3.42. The number of nitrogens with one attached hydrogen (secondary N) is 6. The van der Waals surface area contributed by atoms with Crippen LogP contribution in [0.15, 0.2) is 60.7 Å². The van der Waals surface area contributed by atoms with E-state index in [9.17, 15) is 58.2 Å². The van der Waals surface area contributed by atoms with Crippen LogP contribution in [0.25, 0.3) is 21.8 Å². The van der Waals surface area contributed by atoms with E-state index in [0.717, 1.165) is 31.4 Å². The van der Waals surface area contributed by atoms with Gasteiger partial charge >= 0.3 is 0 Å². The number of rotatable bonds is 8. The highest BCUT2D eigenvalue weighted by molar-refractivity contribution is 8.76. The van der Waals surface area contributed by atoms with Gasteiger partial charge in [-0.1, -0.05) is 85.7 Å². The number of benzene rings is 2. The van der Waals surface area contributed by atoms with Crippen LogP contribution in [-0.4, -0.2) is 201 Å². The Labute approximate surface area is 458 Å². The minimum atomic E-state index is -1.61. The maximum Gasteiger partial charge on any atom is 0.274 e. The first-order valence-corrected chi connectivity index (χ1v) is 27.6. The molecule has 2 aliphatic rings. The molecule has 24 nitrogen and oxygen atoms in total. The predicted octanol–water partition coefficient (Wildman–Crippen LogP) is 0.365. The average molecular weight is 1120 g/mol. The molecule has 2 saturated heterocycles. The van der Waals surface area contributed by atoms with Crippen molar-refractivity contribution in [3.05, 3.63) is 72.1 Å². The fraction of sp³-hybridized carbons (Fsp3) is 0.462. The van der Waals surface area contributed by atoms with Gasteiger partial charge in [0.25, 0.3) is 11.8 Å². The lowest BCUT2D eigenvalue weighted by Crippen LogP contribution is -2.60. The summed E-state index contributed by atoms with van der Waals surface area (Å²) < 4.78 is 0. The zero-order valence-electron chi connectivity index (χ0n) is 44.5. The van der Waals surface area contributed by atoms with Crippen molar-refractivity contribution in [3.63, 3.8) is 0 Å². The van der Waals surface area contributed by atoms with Gasteiger partial charge in [0.2, 0.25) is 47.3 Å². The Kier molecular flexibility index (Phi) is 20.3. The smallest absolute Gasteiger partial charge is 0.274 e. The molecule has 8 N–H and O–H groups in total. The highest BCUT2D eigenvalue weighted by Crippen LogP contribution is 2.29. The van der Waals surface area contributed by atoms with Gasteiger partial charge in [0, 0.05) is 63.6 Å². The second-order valence-electron chi connectivity index (χ2n) is 19.9. The predicted molar refractivity (Wildman–Crippen MR) is 291 cm³/mol. The summed E-state index contributed by atoms with van der Waals surface area (Å²) in [5.41, 5.74) is -0.160. The Hall–Kier alpha value is -7.74. The van der Waals surface area contributed by atoms with E-state index >= 15 is 0 Å². The molecule has 10 amide bonds. The molecule has 2 aliphatic heterocycles. The van der Waals surface area contributed by atoms with Crippen molar-refractivity contribution in [2.75, 3.05) is 65.9 Å². The van der Waals surface area contributed by atoms with E-state index in [0.29, 0.717) is 21.8 Å². The summed E-state index contributed by atoms with van der Waals surface area (Å²) in [6.45, 7) is 4.63. The van der Waals surface area contributed by atoms with Gasteiger partial charge < -0.3 is 61.7 Å². The summed E-state index contributed by atoms with van der Waals surface area (Å²) >= 11 is 0. The Balaban J connectivity index is 1.38. The van der Waals surface area contributed by atoms with E-state index in [1.807, 2.05) is 27.7 Å². The van der Waals surface area contributed by atoms with Gasteiger partial charge in [-0.3, -0.25) is 47.9 Å². The van der Waals surface area contributed by atoms with Gasteiger partial charge in [0.05, 0.1) is 24.1 Å². The van der Waals surface area contributed by atoms with E-state index in [-0.39, 0.29) is 36.2 Å². The Bertz CT molecular complexity index is 2770. The summed E-state index contributed by atoms with van der Waals surface area (Å²) in [4.78, 5) is 156. The van der Waals surface area contributed by atoms with Crippen LogP contribution in [0.5, 0.6) is 11.5 Å². The van der Waals surface area contributed by atoms with Crippen LogP contribution in [0.2, 0.25) is 0 Å². The lowest BCUT2D eigenvalue weighted by Gasteiger charge is -2.36. The zero-order chi connectivity index (χ0) is 57.1. The van der Waals surface area contributed by atoms with Gasteiger partial charge in [0.1, 0.15) is 47.8 Å². The van der Waals surface area contributed by atoms with Crippen LogP contribution in [0.1, 0.15) is 61.5 Å². The third-order valence-corrected chi connectivity index (χ3v) is 15.7. The van der Waals surface area contributed by atoms with Crippen molar-refractivity contribution in [1.29, 1.82) is 0 Å². The Morgan fingerprint density at radius 1 is 0.564 bits per heavy atom. The number of aromatic nitrogens is 2. The van der Waals surface area contributed by atoms with Crippen LogP contribution in [0, 0.1) is 11.8 Å². The minimum absolute atomic E-state index is 0.0839. The molecule has 2 fully saturated rings. The fourth-order valence-electron chi connectivity index (χ4n) is 8.70. The van der Waals surface area contributed by atoms with Crippen LogP contribution >= 0.6 is 21.6 Å². The van der Waals surface area contributed by atoms with Gasteiger partial charge in [-0.2, -0.15) is 0 Å². The number of aromatic hydroxyl groups is 2. The summed E-state index contributed by atoms with van der Waals surface area (Å²) in [6.07, 6.45) is 0.168. The van der Waals surface area contributed by atoms with Gasteiger partial charge in [-0.25, -0.2) is 9.97 Å². The highest BCUT2D eigenvalue weighted by atomic mass is 33.1. The van der Waals surface area contributed by atoms with E-state index in [4.69, 9.17) is 0 Å². The SMILES string of the molecule is CC(C)C[C@H]1C(=O)NC[C@@H](NC(=O)c2nc3ccccc3cc2O)C(=O)NCC(=O)N(C)[C@H]2CSSC[C@@H](C(=O)N1C)N(C)C(=O)CNC(=O)[C@H](NC(=O)c1nc3ccccc3cc1O)CNC(=O)[C@H](CC(C)C)N(C)C2=O. The first-order chi connectivity index (χ1) is 37.0. The largest absolute Gasteiger partial charge is 0.505 e. The molecular formula is C52H66N12O12S2. The highest BCUT2D eigenvalue weighted by Gasteiger charge is 2.40. The molecule has 4 aromatic rings. The van der Waals surface area contributed by atoms with Crippen LogP contribution in [0.3, 0.4) is 0 Å². The molecule has 0 saturated carbocycles. The molecule has 2 aromatic heterocycles. The standard InChI is InChI=1S/C52H66N12O12S2/c1-27(2)17-35-47(71)53-21-33(59-49(73)43-39(65)19-29-13-9-11-15-31(29)57-43)45(69)55-24-42(68)62(6)38-26-78-77-25-37(51(75)63(35)7)61(5)41(67)23-56-46(70)34(22-54-48(72)36(18-28(3)4)64(8)52(38)76)60-50(74)44-40(66)20-30-14-10-12-16-32(30)58-44/h9-16,19-20,27-28,33-38,65-66H,17-18,21-26H2,1-8H3,(H,53,71)(H,54,72)(H,55,69)(H,56,70)(H,59,73)(H,60,74)/t33-,34-,35+,36+,37+,38+/m1/s1. The lowest BCUT2D eigenvalue weighted by molar-refractivity contribution is -0.147. The van der Waals surface area contributed by atoms with Gasteiger partial charge in [-0.05, 0) is 48.9 Å². The fourth-order valence-corrected chi connectivity index (χ4v) is 11.2. The molecule has 0 spiro atoms. The number of para-hydroxylation sites is 2. The van der Waals surface area contributed by atoms with Crippen molar-refractivity contribution < 1.29 is 58.2 Å². The number of likely N-dealkylation sites (N-methyl/N-ethyl adjacent to an activating group) is 4. The molecule has 4 heterocycles. The minimum Gasteiger partial charge on any atom is -0.505 e. The number of amides is 10. The molecule has 418 valence electrons. The lowest BCUT2D eigenvalue weighted by atomic mass is 10.0. The van der Waals surface area contributed by atoms with Gasteiger partial charge in [0.15, 0.2) is 11.4 Å². The van der Waals surface area contributed by atoms with E-state index in [1.54, 1.807) is 48.5 Å². The molecule has 6 atom stereocenters. The van der Waals surface area contributed by atoms with Crippen molar-refractivity contribution >= 4 is 102 Å². The van der Waals surface area contributed by atoms with Crippen molar-refractivity contribution in [3.8, 4) is 11.5 Å². The van der Waals surface area contributed by atoms with E-state index in [1.165, 1.54) is 50.1 Å². The molecule has 2 aromatic carbocycles. The summed E-state index contributed by atoms with van der Waals surface area (Å²) in [5.74, 6) is -10.1. The van der Waals surface area contributed by atoms with Crippen molar-refractivity contribution in [1.82, 2.24) is 61.5 Å². The molecular weight excluding hydrogens is 1050 g/mol. The van der Waals surface area contributed by atoms with E-state index < -0.39 is 144 Å². The molecule has 0 unspecified atom stereocenters. The second kappa shape index (κ2) is 26.5. The normalized spacial score (nSPS) is 22.5. The number of hydrogen-bond donors (Lipinski definition) is 8. The van der Waals surface area contributed by atoms with Gasteiger partial charge in [-0.15, -0.1) is 0 Å². The number of carbonyl (C=O) groups excluding carboxylic acids is 10. The number of hydrogen-bond acceptors (Lipinski definition) is 16. The van der Waals surface area contributed by atoms with Crippen LogP contribution in [-0.2, 0) is 38.4 Å². The van der Waals surface area contributed by atoms with Crippen LogP contribution in [0.4, 0.5) is 0 Å². The first-order valence-electron chi connectivity index (χ1n) is 25.2. The van der Waals surface area contributed by atoms with Crippen molar-refractivity contribution in [2.24, 2.45) is 11.8 Å². The zero-order valence-corrected chi connectivity index (χ0v) is 46.2.